The van der Waals surface area contributed by atoms with Crippen LogP contribution in [-0.4, -0.2) is 26.5 Å². The molecule has 0 radical (unpaired) electrons. The van der Waals surface area contributed by atoms with Gasteiger partial charge in [0.1, 0.15) is 0 Å². The third kappa shape index (κ3) is 5.92. The van der Waals surface area contributed by atoms with Crippen molar-refractivity contribution in [3.63, 3.8) is 0 Å². The molecule has 0 aromatic heterocycles. The maximum Gasteiger partial charge on any atom is 0.255 e. The summed E-state index contributed by atoms with van der Waals surface area (Å²) in [6, 6.07) is 11.0. The Balaban J connectivity index is 2.13. The zero-order valence-corrected chi connectivity index (χ0v) is 16.7. The molecule has 2 amide bonds. The number of benzene rings is 2. The average Bonchev–Trinajstić information content (AvgIpc) is 2.63. The number of nitrogens with one attached hydrogen (secondary N) is 2. The fraction of sp³-hybridized carbons (Fsp3) is 0.143. The van der Waals surface area contributed by atoms with Gasteiger partial charge < -0.3 is 10.6 Å². The fourth-order valence-electron chi connectivity index (χ4n) is 2.38. The lowest BCUT2D eigenvalue weighted by Gasteiger charge is -2.11. The van der Waals surface area contributed by atoms with Crippen molar-refractivity contribution in [2.24, 2.45) is 0 Å². The summed E-state index contributed by atoms with van der Waals surface area (Å²) in [5.41, 5.74) is 2.17. The largest absolute Gasteiger partial charge is 0.323 e. The van der Waals surface area contributed by atoms with Crippen molar-refractivity contribution in [2.45, 2.75) is 18.7 Å². The number of carbonyl (C=O) groups is 2. The Morgan fingerprint density at radius 1 is 1.00 bits per heavy atom. The molecular weight excluding hydrogens is 376 g/mol. The molecule has 0 saturated carbocycles. The number of rotatable bonds is 6. The minimum atomic E-state index is -3.40. The predicted molar refractivity (Wildman–Crippen MR) is 111 cm³/mol. The Hall–Kier alpha value is -3.19. The van der Waals surface area contributed by atoms with Crippen LogP contribution in [0.2, 0.25) is 0 Å². The van der Waals surface area contributed by atoms with Crippen LogP contribution in [0.3, 0.4) is 0 Å². The predicted octanol–water partition coefficient (Wildman–Crippen LogP) is 3.72. The van der Waals surface area contributed by atoms with Gasteiger partial charge in [-0.15, -0.1) is 0 Å². The Morgan fingerprint density at radius 2 is 1.75 bits per heavy atom. The summed E-state index contributed by atoms with van der Waals surface area (Å²) in [4.78, 5) is 24.4. The summed E-state index contributed by atoms with van der Waals surface area (Å²) in [6.45, 7) is 3.66. The van der Waals surface area contributed by atoms with Crippen LogP contribution in [0.1, 0.15) is 22.8 Å². The molecule has 0 unspecified atom stereocenters. The molecule has 0 aliphatic heterocycles. The van der Waals surface area contributed by atoms with E-state index in [1.165, 1.54) is 24.3 Å². The number of sulfone groups is 1. The highest BCUT2D eigenvalue weighted by atomic mass is 32.2. The van der Waals surface area contributed by atoms with Crippen molar-refractivity contribution in [3.05, 3.63) is 77.9 Å². The van der Waals surface area contributed by atoms with Crippen LogP contribution in [-0.2, 0) is 14.6 Å². The molecule has 2 N–H and O–H groups in total. The maximum atomic E-state index is 12.5. The number of hydrogen-bond acceptors (Lipinski definition) is 4. The third-order valence-corrected chi connectivity index (χ3v) is 4.93. The lowest BCUT2D eigenvalue weighted by Crippen LogP contribution is -2.14. The van der Waals surface area contributed by atoms with E-state index in [-0.39, 0.29) is 16.4 Å². The van der Waals surface area contributed by atoms with Crippen molar-refractivity contribution < 1.29 is 18.0 Å². The van der Waals surface area contributed by atoms with Gasteiger partial charge in [0.2, 0.25) is 5.91 Å². The first-order valence-corrected chi connectivity index (χ1v) is 10.4. The molecule has 0 saturated heterocycles. The van der Waals surface area contributed by atoms with E-state index in [9.17, 15) is 18.0 Å². The van der Waals surface area contributed by atoms with Gasteiger partial charge in [-0.25, -0.2) is 8.42 Å². The summed E-state index contributed by atoms with van der Waals surface area (Å²) < 4.78 is 23.3. The molecule has 7 heteroatoms. The van der Waals surface area contributed by atoms with Gasteiger partial charge in [0.05, 0.1) is 4.90 Å². The highest BCUT2D eigenvalue weighted by Crippen LogP contribution is 2.21. The molecule has 0 heterocycles. The minimum Gasteiger partial charge on any atom is -0.323 e. The normalized spacial score (nSPS) is 11.7. The van der Waals surface area contributed by atoms with Gasteiger partial charge in [-0.3, -0.25) is 9.59 Å². The smallest absolute Gasteiger partial charge is 0.255 e. The first-order chi connectivity index (χ1) is 13.2. The van der Waals surface area contributed by atoms with Gasteiger partial charge in [-0.2, -0.15) is 0 Å². The molecule has 0 fully saturated rings. The Labute approximate surface area is 164 Å². The second-order valence-electron chi connectivity index (χ2n) is 6.16. The first kappa shape index (κ1) is 21.1. The SMILES string of the molecule is C/C=C/C=C/C(=O)Nc1ccc(NC(=O)c2cccc(S(C)(=O)=O)c2)c(C)c1. The standard InChI is InChI=1S/C21H22N2O4S/c1-4-5-6-10-20(24)22-17-11-12-19(15(2)13-17)23-21(25)16-8-7-9-18(14-16)28(3,26)27/h4-14H,1-3H3,(H,22,24)(H,23,25)/b5-4+,10-6+. The zero-order chi connectivity index (χ0) is 20.7. The molecule has 28 heavy (non-hydrogen) atoms. The molecule has 6 nitrogen and oxygen atoms in total. The summed E-state index contributed by atoms with van der Waals surface area (Å²) in [6.07, 6.45) is 7.72. The van der Waals surface area contributed by atoms with Crippen molar-refractivity contribution in [1.29, 1.82) is 0 Å². The highest BCUT2D eigenvalue weighted by Gasteiger charge is 2.13. The number of amides is 2. The fourth-order valence-corrected chi connectivity index (χ4v) is 3.05. The number of aryl methyl sites for hydroxylation is 1. The molecule has 146 valence electrons. The van der Waals surface area contributed by atoms with Crippen molar-refractivity contribution in [2.75, 3.05) is 16.9 Å². The average molecular weight is 398 g/mol. The first-order valence-electron chi connectivity index (χ1n) is 8.53. The minimum absolute atomic E-state index is 0.0842. The van der Waals surface area contributed by atoms with E-state index in [2.05, 4.69) is 10.6 Å². The van der Waals surface area contributed by atoms with Gasteiger partial charge >= 0.3 is 0 Å². The molecule has 0 spiro atoms. The lowest BCUT2D eigenvalue weighted by molar-refractivity contribution is -0.111. The molecular formula is C21H22N2O4S. The van der Waals surface area contributed by atoms with E-state index < -0.39 is 15.7 Å². The van der Waals surface area contributed by atoms with E-state index in [0.717, 1.165) is 11.8 Å². The topological polar surface area (TPSA) is 92.3 Å². The Bertz CT molecular complexity index is 1050. The summed E-state index contributed by atoms with van der Waals surface area (Å²) in [7, 11) is -3.40. The van der Waals surface area contributed by atoms with E-state index in [1.807, 2.05) is 13.0 Å². The molecule has 0 bridgehead atoms. The lowest BCUT2D eigenvalue weighted by atomic mass is 10.1. The maximum absolute atomic E-state index is 12.5. The summed E-state index contributed by atoms with van der Waals surface area (Å²) in [5, 5.41) is 5.50. The highest BCUT2D eigenvalue weighted by molar-refractivity contribution is 7.90. The van der Waals surface area contributed by atoms with Crippen molar-refractivity contribution in [3.8, 4) is 0 Å². The van der Waals surface area contributed by atoms with Crippen LogP contribution in [0.4, 0.5) is 11.4 Å². The van der Waals surface area contributed by atoms with Crippen molar-refractivity contribution in [1.82, 2.24) is 0 Å². The molecule has 2 aromatic rings. The van der Waals surface area contributed by atoms with Crippen molar-refractivity contribution >= 4 is 33.0 Å². The van der Waals surface area contributed by atoms with Crippen LogP contribution in [0.15, 0.2) is 71.7 Å². The molecule has 0 aliphatic carbocycles. The quantitative estimate of drug-likeness (QED) is 0.573. The molecule has 0 aliphatic rings. The Morgan fingerprint density at radius 3 is 2.39 bits per heavy atom. The van der Waals surface area contributed by atoms with E-state index in [1.54, 1.807) is 43.3 Å². The van der Waals surface area contributed by atoms with E-state index in [4.69, 9.17) is 0 Å². The van der Waals surface area contributed by atoms with Crippen LogP contribution in [0.5, 0.6) is 0 Å². The number of carbonyl (C=O) groups excluding carboxylic acids is 2. The van der Waals surface area contributed by atoms with Crippen LogP contribution < -0.4 is 10.6 Å². The monoisotopic (exact) mass is 398 g/mol. The number of hydrogen-bond donors (Lipinski definition) is 2. The van der Waals surface area contributed by atoms with Crippen LogP contribution in [0.25, 0.3) is 0 Å². The van der Waals surface area contributed by atoms with E-state index >= 15 is 0 Å². The van der Waals surface area contributed by atoms with Crippen LogP contribution >= 0.6 is 0 Å². The van der Waals surface area contributed by atoms with Gasteiger partial charge in [0, 0.05) is 29.3 Å². The molecule has 0 atom stereocenters. The number of anilines is 2. The molecule has 2 rings (SSSR count). The third-order valence-electron chi connectivity index (χ3n) is 3.82. The van der Waals surface area contributed by atoms with Gasteiger partial charge in [-0.1, -0.05) is 24.3 Å². The number of allylic oxidation sites excluding steroid dienone is 3. The Kier molecular flexibility index (Phi) is 6.89. The van der Waals surface area contributed by atoms with Gasteiger partial charge in [-0.05, 0) is 55.8 Å². The zero-order valence-electron chi connectivity index (χ0n) is 15.9. The second-order valence-corrected chi connectivity index (χ2v) is 8.17. The van der Waals surface area contributed by atoms with Gasteiger partial charge in [0.25, 0.3) is 5.91 Å². The second kappa shape index (κ2) is 9.14. The summed E-state index contributed by atoms with van der Waals surface area (Å²) >= 11 is 0. The van der Waals surface area contributed by atoms with Crippen LogP contribution in [0, 0.1) is 6.92 Å². The molecule has 2 aromatic carbocycles. The summed E-state index contributed by atoms with van der Waals surface area (Å²) in [5.74, 6) is -0.674. The van der Waals surface area contributed by atoms with E-state index in [0.29, 0.717) is 11.4 Å². The van der Waals surface area contributed by atoms with Gasteiger partial charge in [0.15, 0.2) is 9.84 Å².